The van der Waals surface area contributed by atoms with E-state index >= 15 is 0 Å². The van der Waals surface area contributed by atoms with Gasteiger partial charge in [-0.1, -0.05) is 0 Å². The minimum absolute atomic E-state index is 0.0120. The molecular weight excluding hydrogens is 1910 g/mol. The first-order valence-corrected chi connectivity index (χ1v) is 46.3. The molecule has 0 saturated carbocycles. The number of hydrogen-bond acceptors (Lipinski definition) is 42. The summed E-state index contributed by atoms with van der Waals surface area (Å²) >= 11 is 0. The van der Waals surface area contributed by atoms with Crippen molar-refractivity contribution in [3.05, 3.63) is 123 Å². The number of aliphatic hydroxyl groups excluding tert-OH is 6. The van der Waals surface area contributed by atoms with E-state index in [2.05, 4.69) is 13.6 Å². The smallest absolute Gasteiger partial charge is 0.493 e. The molecule has 30 atom stereocenters. The lowest BCUT2D eigenvalue weighted by molar-refractivity contribution is -0.364. The fraction of sp³-hybridized carbons (Fsp3) is 0.552. The van der Waals surface area contributed by atoms with E-state index in [0.717, 1.165) is 36.4 Å². The Balaban J connectivity index is 0.000000150. The molecular formula is C87H99O48P3. The number of rotatable bonds is 21. The van der Waals surface area contributed by atoms with Gasteiger partial charge in [0.05, 0.1) is 148 Å². The number of fused-ring (bicyclic) bond motifs is 12. The van der Waals surface area contributed by atoms with Crippen molar-refractivity contribution in [3.8, 4) is 86.2 Å². The van der Waals surface area contributed by atoms with Crippen LogP contribution in [0, 0.1) is 35.5 Å². The third-order valence-corrected chi connectivity index (χ3v) is 26.4. The zero-order valence-electron chi connectivity index (χ0n) is 94.9. The molecule has 0 unspecified atom stereocenters. The molecule has 51 heteroatoms. The minimum atomic E-state index is -5.60. The fourth-order valence-corrected chi connectivity index (χ4v) is 20.6. The van der Waals surface area contributed by atoms with E-state index in [1.165, 1.54) is 36.4 Å². The molecule has 0 spiro atoms. The van der Waals surface area contributed by atoms with Gasteiger partial charge in [0.1, 0.15) is 73.2 Å². The van der Waals surface area contributed by atoms with Crippen LogP contribution in [0.25, 0.3) is 0 Å². The first-order valence-electron chi connectivity index (χ1n) is 53.7. The second-order valence-corrected chi connectivity index (χ2v) is 36.7. The largest absolute Gasteiger partial charge is 0.525 e. The molecule has 12 N–H and O–H groups in total. The van der Waals surface area contributed by atoms with Crippen molar-refractivity contribution >= 4 is 41.4 Å². The number of hydrogen-bond donors (Lipinski definition) is 12. The Labute approximate surface area is 816 Å². The van der Waals surface area contributed by atoms with Gasteiger partial charge in [0.2, 0.25) is 37.6 Å². The Morgan fingerprint density at radius 3 is 0.957 bits per heavy atom. The highest BCUT2D eigenvalue weighted by atomic mass is 31.2. The maximum absolute atomic E-state index is 13.9. The van der Waals surface area contributed by atoms with Gasteiger partial charge in [-0.2, -0.15) is 0 Å². The first-order chi connectivity index (χ1) is 75.0. The van der Waals surface area contributed by atoms with E-state index in [-0.39, 0.29) is 126 Å². The van der Waals surface area contributed by atoms with Crippen LogP contribution in [0.15, 0.2) is 72.8 Å². The Hall–Kier alpha value is -9.54. The third kappa shape index (κ3) is 18.3. The van der Waals surface area contributed by atoms with Crippen LogP contribution < -0.4 is 70.4 Å². The Morgan fingerprint density at radius 1 is 0.341 bits per heavy atom. The van der Waals surface area contributed by atoms with Gasteiger partial charge in [0, 0.05) is 38.2 Å². The molecule has 750 valence electrons. The molecule has 21 rings (SSSR count). The average Bonchev–Trinajstić information content (AvgIpc) is 1.49. The quantitative estimate of drug-likeness (QED) is 0.0279. The number of phosphoric acid groups is 3. The molecule has 9 fully saturated rings. The van der Waals surface area contributed by atoms with E-state index < -0.39 is 337 Å². The van der Waals surface area contributed by atoms with Crippen LogP contribution in [0.4, 0.5) is 0 Å². The molecule has 12 heterocycles. The summed E-state index contributed by atoms with van der Waals surface area (Å²) in [6.45, 7) is -2.32. The normalized spacial score (nSPS) is 39.5. The Bertz CT molecular complexity index is 6720. The van der Waals surface area contributed by atoms with Crippen molar-refractivity contribution in [1.82, 2.24) is 0 Å². The second kappa shape index (κ2) is 38.4. The van der Waals surface area contributed by atoms with E-state index in [1.807, 2.05) is 0 Å². The molecule has 138 heavy (non-hydrogen) atoms. The van der Waals surface area contributed by atoms with Gasteiger partial charge in [-0.25, -0.2) is 13.7 Å². The van der Waals surface area contributed by atoms with Crippen LogP contribution >= 0.6 is 23.5 Å². The number of aliphatic hydroxyl groups is 6. The molecule has 0 bridgehead atoms. The monoisotopic (exact) mass is 2030 g/mol. The third-order valence-electron chi connectivity index (χ3n) is 25.1. The van der Waals surface area contributed by atoms with Crippen LogP contribution in [0.3, 0.4) is 0 Å². The van der Waals surface area contributed by atoms with Gasteiger partial charge >= 0.3 is 41.4 Å². The van der Waals surface area contributed by atoms with E-state index in [1.54, 1.807) is 20.8 Å². The number of ether oxygens (including phenoxy) is 27. The van der Waals surface area contributed by atoms with Crippen molar-refractivity contribution < 1.29 is 262 Å². The molecule has 0 radical (unpaired) electrons. The Kier molecular flexibility index (Phi) is 20.0. The molecule has 0 amide bonds. The van der Waals surface area contributed by atoms with Crippen molar-refractivity contribution in [3.63, 3.8) is 0 Å². The van der Waals surface area contributed by atoms with Gasteiger partial charge in [-0.05, 0) is 144 Å². The van der Waals surface area contributed by atoms with Crippen LogP contribution in [-0.4, -0.2) is 291 Å². The zero-order chi connectivity index (χ0) is 118. The number of phosphoric ester groups is 3. The molecule has 0 aromatic heterocycles. The van der Waals surface area contributed by atoms with Gasteiger partial charge in [-0.15, -0.1) is 0 Å². The summed E-state index contributed by atoms with van der Waals surface area (Å²) in [5.41, 5.74) is -1.04. The summed E-state index contributed by atoms with van der Waals surface area (Å²) < 4.78 is 393. The topological polar surface area (TPSA) is 622 Å². The number of cyclic esters (lactones) is 3. The SMILES string of the molecule is [2H]C([2H])([2H])Oc1cc([C@@H]2c3cc4c(cc3[C@@H](O[C@@H]3O[C@@H]5CO[C@@H](C)O[C@H]5[C@H](O)[C@H]3O)[C@@H]3[C@@H]2C(=O)OC3([2H])[2H])OCO4)cc(OC([2H])([2H])[2H])c1OP(=O)(O)O.[2H]C([2H])([2H])Oc1cc([C@]2([2H])c3cc4c(cc3[C@@H](O[C@@H]3O[C@@H]5CO[C@@H](C)O[C@H]5[C@H](O)[C@H]3O)[C@@H]3[C@@H]2C(=O)OC3([2H])[2H])OCO4)cc(OC([2H])([2H])[2H])c1OP(=O)(O)O.[2H]C([2H])([2H])Oc1cc([C@]2([2H])c3cc4c(cc3[C@@H](O[C@@H]3O[C@@H]5CO[C@@H](C)O[C@H]5[C@H](O)[C@H]3O)[C@H]3COC(=O)[C@@H]32)OCO4)cc(OC([2H])([2H])[2H])c1OP(=O)(O)O. The number of benzene rings is 6. The molecule has 9 saturated heterocycles. The molecule has 12 aliphatic heterocycles. The number of carbonyl (C=O) groups is 3. The number of carbonyl (C=O) groups excluding carboxylic acids is 3. The predicted molar refractivity (Wildman–Crippen MR) is 448 cm³/mol. The van der Waals surface area contributed by atoms with E-state index in [9.17, 15) is 90.8 Å². The predicted octanol–water partition coefficient (Wildman–Crippen LogP) is 3.31. The van der Waals surface area contributed by atoms with Crippen LogP contribution in [0.1, 0.15) is 140 Å². The minimum Gasteiger partial charge on any atom is -0.493 e. The summed E-state index contributed by atoms with van der Waals surface area (Å²) in [4.78, 5) is 99.3. The molecule has 6 aromatic rings. The maximum atomic E-state index is 13.9. The van der Waals surface area contributed by atoms with Crippen molar-refractivity contribution in [2.45, 2.75) is 168 Å². The van der Waals surface area contributed by atoms with Gasteiger partial charge in [0.15, 0.2) is 107 Å². The fourth-order valence-electron chi connectivity index (χ4n) is 19.3. The average molecular weight is 2030 g/mol. The molecule has 6 aromatic carbocycles. The maximum Gasteiger partial charge on any atom is 0.525 e. The summed E-state index contributed by atoms with van der Waals surface area (Å²) in [6.07, 6.45) is -27.1. The van der Waals surface area contributed by atoms with Crippen LogP contribution in [0.2, 0.25) is 0 Å². The summed E-state index contributed by atoms with van der Waals surface area (Å²) in [5.74, 6) is -28.1. The molecule has 3 aliphatic carbocycles. The summed E-state index contributed by atoms with van der Waals surface area (Å²) in [7, 11) is -36.7. The second-order valence-electron chi connectivity index (χ2n) is 33.2. The van der Waals surface area contributed by atoms with E-state index in [0.29, 0.717) is 0 Å². The summed E-state index contributed by atoms with van der Waals surface area (Å²) in [6, 6.07) is 13.2. The van der Waals surface area contributed by atoms with Gasteiger partial charge in [0.25, 0.3) is 0 Å². The lowest BCUT2D eigenvalue weighted by atomic mass is 9.66. The molecule has 48 nitrogen and oxygen atoms in total. The highest BCUT2D eigenvalue weighted by molar-refractivity contribution is 7.47. The number of esters is 3. The Morgan fingerprint density at radius 2 is 0.623 bits per heavy atom. The molecule has 15 aliphatic rings. The standard InChI is InChI=1S/3C29H33O16P/c3*1-11-38-9-20-27(42-11)23(30)24(31)29(43-20)44-25-14-7-17-16(40-10-41-17)6-13(14)21(22-15(25)8-39-28(22)32)12-4-18(36-2)26(19(5-12)37-3)45-46(33,34)35/h3*4-7,11,15,20-25,27,29-31H,8-10H2,1-3H3,(H2,33,34,35)/t3*11-,15+,20-,21-,22+,23-,24-,25-,27-,29+/m111/s1/i2D3,3D3,8D2,21D;2D3,3D3,21D;2D3,3D3,8D2. The first kappa shape index (κ1) is 71.8. The summed E-state index contributed by atoms with van der Waals surface area (Å²) in [5, 5.41) is 66.5. The van der Waals surface area contributed by atoms with Crippen molar-refractivity contribution in [2.24, 2.45) is 35.5 Å². The number of methoxy groups -OCH3 is 6. The van der Waals surface area contributed by atoms with Crippen LogP contribution in [0.5, 0.6) is 86.2 Å². The highest BCUT2D eigenvalue weighted by Gasteiger charge is 2.62. The van der Waals surface area contributed by atoms with E-state index in [4.69, 9.17) is 158 Å². The van der Waals surface area contributed by atoms with Gasteiger partial charge in [-0.3, -0.25) is 43.7 Å². The zero-order valence-corrected chi connectivity index (χ0v) is 73.6. The highest BCUT2D eigenvalue weighted by Crippen LogP contribution is 2.64. The van der Waals surface area contributed by atoms with Crippen molar-refractivity contribution in [1.29, 1.82) is 0 Å². The van der Waals surface area contributed by atoms with Gasteiger partial charge < -0.3 is 172 Å². The van der Waals surface area contributed by atoms with Crippen LogP contribution in [-0.2, 0) is 99.1 Å². The lowest BCUT2D eigenvalue weighted by Gasteiger charge is -2.47. The van der Waals surface area contributed by atoms with Crippen molar-refractivity contribution in [2.75, 3.05) is 102 Å². The lowest BCUT2D eigenvalue weighted by Crippen LogP contribution is -2.63.